The van der Waals surface area contributed by atoms with Crippen LogP contribution in [0.1, 0.15) is 27.5 Å². The van der Waals surface area contributed by atoms with Crippen molar-refractivity contribution in [2.45, 2.75) is 22.1 Å². The maximum absolute atomic E-state index is 13.6. The molecule has 30 heavy (non-hydrogen) atoms. The van der Waals surface area contributed by atoms with Gasteiger partial charge in [0, 0.05) is 4.88 Å². The fourth-order valence-corrected chi connectivity index (χ4v) is 6.54. The number of thiophene rings is 1. The lowest BCUT2D eigenvalue weighted by Crippen LogP contribution is -2.11. The minimum absolute atomic E-state index is 0.222. The first-order valence-corrected chi connectivity index (χ1v) is 11.9. The van der Waals surface area contributed by atoms with Gasteiger partial charge in [0.25, 0.3) is 0 Å². The summed E-state index contributed by atoms with van der Waals surface area (Å²) >= 11 is 1.48. The first-order valence-electron chi connectivity index (χ1n) is 9.58. The Bertz CT molecular complexity index is 1380. The molecule has 0 saturated heterocycles. The van der Waals surface area contributed by atoms with E-state index in [1.54, 1.807) is 36.4 Å². The summed E-state index contributed by atoms with van der Waals surface area (Å²) in [6.45, 7) is 0. The van der Waals surface area contributed by atoms with Crippen LogP contribution < -0.4 is 0 Å². The lowest BCUT2D eigenvalue weighted by atomic mass is 9.91. The number of sulfone groups is 1. The fraction of sp³-hybridized carbons (Fsp3) is 0.0800. The predicted molar refractivity (Wildman–Crippen MR) is 118 cm³/mol. The van der Waals surface area contributed by atoms with Gasteiger partial charge in [0.05, 0.1) is 15.9 Å². The Balaban J connectivity index is 1.81. The first kappa shape index (κ1) is 18.8. The van der Waals surface area contributed by atoms with Gasteiger partial charge in [-0.05, 0) is 63.9 Å². The third-order valence-corrected chi connectivity index (χ3v) is 8.35. The van der Waals surface area contributed by atoms with Gasteiger partial charge in [-0.3, -0.25) is 0 Å². The molecule has 1 heterocycles. The van der Waals surface area contributed by atoms with E-state index in [9.17, 15) is 13.7 Å². The highest BCUT2D eigenvalue weighted by Gasteiger charge is 2.33. The average molecular weight is 428 g/mol. The molecule has 1 unspecified atom stereocenters. The molecule has 3 nitrogen and oxygen atoms in total. The Morgan fingerprint density at radius 2 is 1.63 bits per heavy atom. The van der Waals surface area contributed by atoms with E-state index in [4.69, 9.17) is 0 Å². The molecule has 1 atom stereocenters. The van der Waals surface area contributed by atoms with Gasteiger partial charge >= 0.3 is 0 Å². The van der Waals surface area contributed by atoms with Gasteiger partial charge in [-0.2, -0.15) is 5.26 Å². The fourth-order valence-electron chi connectivity index (χ4n) is 4.22. The van der Waals surface area contributed by atoms with Gasteiger partial charge in [-0.25, -0.2) is 8.42 Å². The van der Waals surface area contributed by atoms with E-state index in [0.717, 1.165) is 27.1 Å². The van der Waals surface area contributed by atoms with Crippen LogP contribution in [-0.2, 0) is 16.3 Å². The summed E-state index contributed by atoms with van der Waals surface area (Å²) in [6, 6.07) is 26.3. The van der Waals surface area contributed by atoms with Crippen LogP contribution in [0.4, 0.5) is 0 Å². The van der Waals surface area contributed by atoms with Crippen molar-refractivity contribution in [1.82, 2.24) is 0 Å². The second-order valence-corrected chi connectivity index (χ2v) is 10.1. The molecule has 0 radical (unpaired) electrons. The van der Waals surface area contributed by atoms with E-state index >= 15 is 0 Å². The molecule has 1 aliphatic carbocycles. The molecule has 0 bridgehead atoms. The lowest BCUT2D eigenvalue weighted by molar-refractivity contribution is 0.594. The van der Waals surface area contributed by atoms with Crippen LogP contribution in [0.15, 0.2) is 94.0 Å². The topological polar surface area (TPSA) is 57.9 Å². The van der Waals surface area contributed by atoms with Crippen molar-refractivity contribution in [3.8, 4) is 17.2 Å². The van der Waals surface area contributed by atoms with Crippen molar-refractivity contribution in [3.63, 3.8) is 0 Å². The van der Waals surface area contributed by atoms with Crippen LogP contribution in [0.3, 0.4) is 0 Å². The minimum Gasteiger partial charge on any atom is -0.219 e. The zero-order chi connectivity index (χ0) is 20.7. The number of hydrogen-bond donors (Lipinski definition) is 0. The van der Waals surface area contributed by atoms with Crippen LogP contribution in [0.25, 0.3) is 11.1 Å². The van der Waals surface area contributed by atoms with Crippen LogP contribution >= 0.6 is 11.3 Å². The molecule has 1 aliphatic rings. The largest absolute Gasteiger partial charge is 0.219 e. The molecule has 146 valence electrons. The summed E-state index contributed by atoms with van der Waals surface area (Å²) in [4.78, 5) is 1.32. The molecule has 0 N–H and O–H groups in total. The van der Waals surface area contributed by atoms with Crippen LogP contribution in [-0.4, -0.2) is 8.42 Å². The molecule has 0 saturated carbocycles. The number of hydrogen-bond acceptors (Lipinski definition) is 4. The second kappa shape index (κ2) is 7.24. The monoisotopic (exact) mass is 427 g/mol. The number of fused-ring (bicyclic) bond motifs is 3. The van der Waals surface area contributed by atoms with E-state index in [1.807, 2.05) is 35.7 Å². The van der Waals surface area contributed by atoms with Crippen molar-refractivity contribution in [2.75, 3.05) is 0 Å². The Morgan fingerprint density at radius 3 is 2.37 bits per heavy atom. The van der Waals surface area contributed by atoms with E-state index in [1.165, 1.54) is 11.3 Å². The molecule has 3 aromatic carbocycles. The average Bonchev–Trinajstić information content (AvgIpc) is 3.43. The molecular weight excluding hydrogens is 410 g/mol. The standard InChI is InChI=1S/C25H17NO2S2/c26-16-22(23-11-6-14-29-23)25-21-15-17-7-4-5-10-19(17)20(21)12-13-24(25)30(27,28)18-8-2-1-3-9-18/h1-14,22H,15H2. The molecule has 5 rings (SSSR count). The molecule has 0 spiro atoms. The van der Waals surface area contributed by atoms with Crippen molar-refractivity contribution < 1.29 is 8.42 Å². The van der Waals surface area contributed by atoms with Gasteiger partial charge in [-0.15, -0.1) is 11.3 Å². The van der Waals surface area contributed by atoms with Gasteiger partial charge < -0.3 is 0 Å². The Labute approximate surface area is 179 Å². The van der Waals surface area contributed by atoms with Crippen LogP contribution in [0, 0.1) is 11.3 Å². The zero-order valence-corrected chi connectivity index (χ0v) is 17.6. The Hall–Kier alpha value is -3.20. The van der Waals surface area contributed by atoms with E-state index in [-0.39, 0.29) is 9.79 Å². The highest BCUT2D eigenvalue weighted by molar-refractivity contribution is 7.91. The van der Waals surface area contributed by atoms with E-state index in [2.05, 4.69) is 18.2 Å². The summed E-state index contributed by atoms with van der Waals surface area (Å²) < 4.78 is 27.2. The molecule has 5 heteroatoms. The number of nitrogens with zero attached hydrogens (tertiary/aromatic N) is 1. The van der Waals surface area contributed by atoms with Gasteiger partial charge in [-0.1, -0.05) is 54.6 Å². The van der Waals surface area contributed by atoms with E-state index < -0.39 is 15.8 Å². The molecular formula is C25H17NO2S2. The van der Waals surface area contributed by atoms with Crippen LogP contribution in [0.2, 0.25) is 0 Å². The number of benzene rings is 3. The lowest BCUT2D eigenvalue weighted by Gasteiger charge is -2.19. The summed E-state index contributed by atoms with van der Waals surface area (Å²) in [5.74, 6) is -0.636. The highest BCUT2D eigenvalue weighted by Crippen LogP contribution is 2.45. The maximum atomic E-state index is 13.6. The van der Waals surface area contributed by atoms with Gasteiger partial charge in [0.1, 0.15) is 5.92 Å². The minimum atomic E-state index is -3.77. The Morgan fingerprint density at radius 1 is 0.867 bits per heavy atom. The maximum Gasteiger partial charge on any atom is 0.206 e. The predicted octanol–water partition coefficient (Wildman–Crippen LogP) is 5.81. The van der Waals surface area contributed by atoms with Crippen molar-refractivity contribution in [1.29, 1.82) is 5.26 Å². The van der Waals surface area contributed by atoms with Gasteiger partial charge in [0.15, 0.2) is 0 Å². The summed E-state index contributed by atoms with van der Waals surface area (Å²) in [5, 5.41) is 12.0. The van der Waals surface area contributed by atoms with Gasteiger partial charge in [0.2, 0.25) is 9.84 Å². The summed E-state index contributed by atoms with van der Waals surface area (Å²) in [6.07, 6.45) is 0.628. The summed E-state index contributed by atoms with van der Waals surface area (Å²) in [7, 11) is -3.77. The SMILES string of the molecule is N#CC(c1cccs1)c1c(S(=O)(=O)c2ccccc2)ccc2c1Cc1ccccc1-2. The summed E-state index contributed by atoms with van der Waals surface area (Å²) in [5.41, 5.74) is 4.83. The van der Waals surface area contributed by atoms with Crippen LogP contribution in [0.5, 0.6) is 0 Å². The highest BCUT2D eigenvalue weighted by atomic mass is 32.2. The number of rotatable bonds is 4. The quantitative estimate of drug-likeness (QED) is 0.364. The zero-order valence-electron chi connectivity index (χ0n) is 15.9. The van der Waals surface area contributed by atoms with Crippen molar-refractivity contribution in [2.24, 2.45) is 0 Å². The van der Waals surface area contributed by atoms with Crippen molar-refractivity contribution in [3.05, 3.63) is 106 Å². The smallest absolute Gasteiger partial charge is 0.206 e. The molecule has 0 aliphatic heterocycles. The number of nitriles is 1. The molecule has 0 fully saturated rings. The third-order valence-electron chi connectivity index (χ3n) is 5.58. The normalized spacial score (nSPS) is 13.3. The molecule has 1 aromatic heterocycles. The molecule has 0 amide bonds. The third kappa shape index (κ3) is 2.88. The Kier molecular flexibility index (Phi) is 4.54. The van der Waals surface area contributed by atoms with Crippen molar-refractivity contribution >= 4 is 21.2 Å². The second-order valence-electron chi connectivity index (χ2n) is 7.23. The van der Waals surface area contributed by atoms with E-state index in [0.29, 0.717) is 12.0 Å². The first-order chi connectivity index (χ1) is 14.6. The molecule has 4 aromatic rings.